The van der Waals surface area contributed by atoms with Crippen molar-refractivity contribution in [3.05, 3.63) is 101 Å². The highest BCUT2D eigenvalue weighted by atomic mass is 16.5. The Morgan fingerprint density at radius 2 is 1.68 bits per heavy atom. The van der Waals surface area contributed by atoms with Crippen LogP contribution < -0.4 is 0 Å². The molecular formula is C20H21NO. The molecule has 2 nitrogen and oxygen atoms in total. The molecular weight excluding hydrogens is 270 g/mol. The van der Waals surface area contributed by atoms with Crippen molar-refractivity contribution in [2.45, 2.75) is 19.8 Å². The summed E-state index contributed by atoms with van der Waals surface area (Å²) in [6.45, 7) is 2.13. The van der Waals surface area contributed by atoms with Crippen molar-refractivity contribution < 1.29 is 4.74 Å². The Balaban J connectivity index is 1.80. The van der Waals surface area contributed by atoms with Gasteiger partial charge < -0.3 is 5.21 Å². The molecule has 2 rings (SSSR count). The van der Waals surface area contributed by atoms with Crippen molar-refractivity contribution in [2.24, 2.45) is 0 Å². The second kappa shape index (κ2) is 8.63. The van der Waals surface area contributed by atoms with Crippen molar-refractivity contribution in [2.75, 3.05) is 0 Å². The SMILES string of the molecule is Cc1ccccc1CC/C=C/C=C/[N+]([O-])=C/c1ccccc1. The first-order valence-electron chi connectivity index (χ1n) is 7.49. The van der Waals surface area contributed by atoms with Crippen molar-refractivity contribution in [1.82, 2.24) is 0 Å². The zero-order valence-corrected chi connectivity index (χ0v) is 12.9. The molecule has 0 N–H and O–H groups in total. The van der Waals surface area contributed by atoms with Crippen LogP contribution in [0, 0.1) is 12.1 Å². The van der Waals surface area contributed by atoms with Gasteiger partial charge in [-0.3, -0.25) is 0 Å². The average molecular weight is 291 g/mol. The van der Waals surface area contributed by atoms with Gasteiger partial charge in [-0.05, 0) is 43.0 Å². The van der Waals surface area contributed by atoms with Crippen LogP contribution in [-0.4, -0.2) is 11.0 Å². The van der Waals surface area contributed by atoms with E-state index in [9.17, 15) is 5.21 Å². The van der Waals surface area contributed by atoms with Crippen LogP contribution in [0.15, 0.2) is 79.0 Å². The van der Waals surface area contributed by atoms with E-state index in [1.807, 2.05) is 36.4 Å². The van der Waals surface area contributed by atoms with Crippen LogP contribution in [0.4, 0.5) is 0 Å². The molecule has 22 heavy (non-hydrogen) atoms. The maximum absolute atomic E-state index is 11.7. The van der Waals surface area contributed by atoms with E-state index < -0.39 is 0 Å². The highest BCUT2D eigenvalue weighted by Crippen LogP contribution is 2.09. The van der Waals surface area contributed by atoms with Gasteiger partial charge in [-0.2, -0.15) is 4.74 Å². The average Bonchev–Trinajstić information content (AvgIpc) is 2.53. The normalized spacial score (nSPS) is 12.3. The standard InChI is InChI=1S/C20H21NO/c1-18-11-8-9-15-20(18)14-7-2-3-10-16-21(22)17-19-12-5-4-6-13-19/h2-6,8-13,15-17H,7,14H2,1H3/b3-2+,16-10+,21-17-. The second-order valence-corrected chi connectivity index (χ2v) is 5.13. The molecule has 0 aliphatic carbocycles. The fourth-order valence-electron chi connectivity index (χ4n) is 2.17. The van der Waals surface area contributed by atoms with E-state index in [0.29, 0.717) is 0 Å². The summed E-state index contributed by atoms with van der Waals surface area (Å²) in [6.07, 6.45) is 10.8. The van der Waals surface area contributed by atoms with Crippen LogP contribution in [0.25, 0.3) is 0 Å². The number of rotatable bonds is 6. The summed E-state index contributed by atoms with van der Waals surface area (Å²) in [5.74, 6) is 0. The van der Waals surface area contributed by atoms with E-state index in [4.69, 9.17) is 0 Å². The lowest BCUT2D eigenvalue weighted by atomic mass is 10.0. The van der Waals surface area contributed by atoms with Crippen molar-refractivity contribution in [1.29, 1.82) is 0 Å². The lowest BCUT2D eigenvalue weighted by molar-refractivity contribution is -0.372. The quantitative estimate of drug-likeness (QED) is 0.250. The number of hydrogen-bond donors (Lipinski definition) is 0. The minimum Gasteiger partial charge on any atom is -0.619 e. The molecule has 2 heteroatoms. The minimum atomic E-state index is 0.820. The fourth-order valence-corrected chi connectivity index (χ4v) is 2.17. The van der Waals surface area contributed by atoms with Crippen molar-refractivity contribution >= 4 is 6.21 Å². The van der Waals surface area contributed by atoms with Gasteiger partial charge in [-0.15, -0.1) is 0 Å². The molecule has 0 fully saturated rings. The Bertz CT molecular complexity index is 669. The van der Waals surface area contributed by atoms with E-state index in [0.717, 1.165) is 23.1 Å². The minimum absolute atomic E-state index is 0.820. The monoisotopic (exact) mass is 291 g/mol. The smallest absolute Gasteiger partial charge is 0.187 e. The molecule has 2 aromatic rings. The number of benzene rings is 2. The zero-order valence-electron chi connectivity index (χ0n) is 12.9. The highest BCUT2D eigenvalue weighted by Gasteiger charge is 1.94. The van der Waals surface area contributed by atoms with Crippen LogP contribution in [0.2, 0.25) is 0 Å². The Morgan fingerprint density at radius 3 is 2.45 bits per heavy atom. The maximum atomic E-state index is 11.7. The van der Waals surface area contributed by atoms with E-state index in [2.05, 4.69) is 37.3 Å². The third-order valence-electron chi connectivity index (χ3n) is 3.40. The second-order valence-electron chi connectivity index (χ2n) is 5.13. The molecule has 0 aliphatic heterocycles. The largest absolute Gasteiger partial charge is 0.619 e. The lowest BCUT2D eigenvalue weighted by Crippen LogP contribution is -1.96. The first kappa shape index (κ1) is 15.8. The Morgan fingerprint density at radius 1 is 0.955 bits per heavy atom. The molecule has 0 radical (unpaired) electrons. The van der Waals surface area contributed by atoms with E-state index >= 15 is 0 Å². The third kappa shape index (κ3) is 5.41. The van der Waals surface area contributed by atoms with Crippen LogP contribution >= 0.6 is 0 Å². The summed E-state index contributed by atoms with van der Waals surface area (Å²) in [6, 6.07) is 18.0. The van der Waals surface area contributed by atoms with E-state index in [1.165, 1.54) is 17.3 Å². The first-order valence-corrected chi connectivity index (χ1v) is 7.49. The Hall–Kier alpha value is -2.61. The van der Waals surface area contributed by atoms with Gasteiger partial charge in [0.25, 0.3) is 0 Å². The number of hydrogen-bond acceptors (Lipinski definition) is 1. The predicted octanol–water partition coefficient (Wildman–Crippen LogP) is 4.63. The van der Waals surface area contributed by atoms with Gasteiger partial charge in [0.15, 0.2) is 12.4 Å². The molecule has 0 atom stereocenters. The van der Waals surface area contributed by atoms with Gasteiger partial charge >= 0.3 is 0 Å². The lowest BCUT2D eigenvalue weighted by Gasteiger charge is -2.02. The van der Waals surface area contributed by atoms with Crippen LogP contribution in [-0.2, 0) is 6.42 Å². The maximum Gasteiger partial charge on any atom is 0.187 e. The number of aryl methyl sites for hydroxylation is 2. The van der Waals surface area contributed by atoms with Gasteiger partial charge in [0.1, 0.15) is 0 Å². The molecule has 0 aromatic heterocycles. The molecule has 2 aromatic carbocycles. The summed E-state index contributed by atoms with van der Waals surface area (Å²) in [5.41, 5.74) is 3.60. The number of allylic oxidation sites excluding steroid dienone is 3. The molecule has 0 saturated heterocycles. The molecule has 0 aliphatic rings. The van der Waals surface area contributed by atoms with E-state index in [1.54, 1.807) is 12.3 Å². The zero-order chi connectivity index (χ0) is 15.6. The molecule has 0 spiro atoms. The molecule has 0 bridgehead atoms. The van der Waals surface area contributed by atoms with Crippen LogP contribution in [0.1, 0.15) is 23.1 Å². The molecule has 0 unspecified atom stereocenters. The van der Waals surface area contributed by atoms with Crippen molar-refractivity contribution in [3.8, 4) is 0 Å². The summed E-state index contributed by atoms with van der Waals surface area (Å²) in [5, 5.41) is 11.7. The predicted molar refractivity (Wildman–Crippen MR) is 93.0 cm³/mol. The molecule has 0 amide bonds. The first-order chi connectivity index (χ1) is 10.8. The van der Waals surface area contributed by atoms with Crippen LogP contribution in [0.5, 0.6) is 0 Å². The van der Waals surface area contributed by atoms with Gasteiger partial charge in [-0.1, -0.05) is 54.6 Å². The van der Waals surface area contributed by atoms with E-state index in [-0.39, 0.29) is 0 Å². The molecule has 0 saturated carbocycles. The summed E-state index contributed by atoms with van der Waals surface area (Å²) in [4.78, 5) is 0. The van der Waals surface area contributed by atoms with Gasteiger partial charge in [-0.25, -0.2) is 0 Å². The topological polar surface area (TPSA) is 26.1 Å². The van der Waals surface area contributed by atoms with Crippen molar-refractivity contribution in [3.63, 3.8) is 0 Å². The highest BCUT2D eigenvalue weighted by molar-refractivity contribution is 5.75. The van der Waals surface area contributed by atoms with Gasteiger partial charge in [0.05, 0.1) is 0 Å². The van der Waals surface area contributed by atoms with Gasteiger partial charge in [0, 0.05) is 11.6 Å². The molecule has 0 heterocycles. The fraction of sp³-hybridized carbons (Fsp3) is 0.150. The molecule has 112 valence electrons. The third-order valence-corrected chi connectivity index (χ3v) is 3.40. The summed E-state index contributed by atoms with van der Waals surface area (Å²) >= 11 is 0. The summed E-state index contributed by atoms with van der Waals surface area (Å²) in [7, 11) is 0. The Kier molecular flexibility index (Phi) is 6.18. The van der Waals surface area contributed by atoms with Gasteiger partial charge in [0.2, 0.25) is 0 Å². The number of nitrogens with zero attached hydrogens (tertiary/aromatic N) is 1. The summed E-state index contributed by atoms with van der Waals surface area (Å²) < 4.78 is 0.820. The van der Waals surface area contributed by atoms with Crippen LogP contribution in [0.3, 0.4) is 0 Å². The number of hydroxylamine groups is 1. The Labute approximate surface area is 132 Å².